The Kier molecular flexibility index (Phi) is 5.36. The molecule has 0 radical (unpaired) electrons. The first-order valence-electron chi connectivity index (χ1n) is 7.97. The average molecular weight is 335 g/mol. The summed E-state index contributed by atoms with van der Waals surface area (Å²) in [6.45, 7) is 0.990. The molecule has 0 bridgehead atoms. The second kappa shape index (κ2) is 8.06. The van der Waals surface area contributed by atoms with Gasteiger partial charge in [0.05, 0.1) is 0 Å². The van der Waals surface area contributed by atoms with Crippen LogP contribution in [0.25, 0.3) is 0 Å². The van der Waals surface area contributed by atoms with Gasteiger partial charge < -0.3 is 10.6 Å². The van der Waals surface area contributed by atoms with Crippen molar-refractivity contribution < 1.29 is 9.18 Å². The quantitative estimate of drug-likeness (QED) is 0.721. The Morgan fingerprint density at radius 3 is 2.40 bits per heavy atom. The summed E-state index contributed by atoms with van der Waals surface area (Å²) < 4.78 is 12.9. The van der Waals surface area contributed by atoms with Crippen molar-refractivity contribution in [1.29, 1.82) is 0 Å². The largest absolute Gasteiger partial charge is 0.381 e. The number of nitrogens with zero attached hydrogens (tertiary/aromatic N) is 1. The lowest BCUT2D eigenvalue weighted by atomic mass is 10.2. The Bertz CT molecular complexity index is 835. The fraction of sp³-hybridized carbons (Fsp3) is 0.100. The average Bonchev–Trinajstić information content (AvgIpc) is 2.67. The molecule has 25 heavy (non-hydrogen) atoms. The Hall–Kier alpha value is -3.21. The summed E-state index contributed by atoms with van der Waals surface area (Å²) in [4.78, 5) is 16.4. The molecule has 0 unspecified atom stereocenters. The molecule has 0 aliphatic heterocycles. The Balaban J connectivity index is 1.58. The van der Waals surface area contributed by atoms with Gasteiger partial charge >= 0.3 is 0 Å². The second-order valence-electron chi connectivity index (χ2n) is 5.58. The molecule has 0 saturated carbocycles. The molecular formula is C20H18FN3O. The van der Waals surface area contributed by atoms with Crippen molar-refractivity contribution in [2.45, 2.75) is 13.1 Å². The predicted octanol–water partition coefficient (Wildman–Crippen LogP) is 3.76. The monoisotopic (exact) mass is 335 g/mol. The van der Waals surface area contributed by atoms with E-state index in [1.165, 1.54) is 12.1 Å². The van der Waals surface area contributed by atoms with Crippen LogP contribution in [-0.4, -0.2) is 10.9 Å². The zero-order chi connectivity index (χ0) is 17.5. The molecule has 0 saturated heterocycles. The number of pyridine rings is 1. The van der Waals surface area contributed by atoms with Gasteiger partial charge in [0.25, 0.3) is 5.91 Å². The van der Waals surface area contributed by atoms with Gasteiger partial charge in [0.2, 0.25) is 0 Å². The van der Waals surface area contributed by atoms with Gasteiger partial charge in [-0.25, -0.2) is 4.39 Å². The first kappa shape index (κ1) is 16.6. The van der Waals surface area contributed by atoms with E-state index in [1.807, 2.05) is 30.3 Å². The van der Waals surface area contributed by atoms with Crippen molar-refractivity contribution in [2.24, 2.45) is 0 Å². The topological polar surface area (TPSA) is 54.0 Å². The van der Waals surface area contributed by atoms with Gasteiger partial charge in [-0.05, 0) is 35.4 Å². The lowest BCUT2D eigenvalue weighted by Crippen LogP contribution is -2.23. The summed E-state index contributed by atoms with van der Waals surface area (Å²) in [5.74, 6) is -0.487. The maximum Gasteiger partial charge on any atom is 0.270 e. The first-order chi connectivity index (χ1) is 12.2. The summed E-state index contributed by atoms with van der Waals surface area (Å²) in [6.07, 6.45) is 1.59. The van der Waals surface area contributed by atoms with Crippen molar-refractivity contribution in [3.05, 3.63) is 95.6 Å². The molecule has 0 aliphatic rings. The highest BCUT2D eigenvalue weighted by molar-refractivity contribution is 5.93. The van der Waals surface area contributed by atoms with E-state index < -0.39 is 0 Å². The third-order valence-corrected chi connectivity index (χ3v) is 3.70. The molecule has 126 valence electrons. The maximum atomic E-state index is 12.9. The van der Waals surface area contributed by atoms with Crippen LogP contribution in [0.1, 0.15) is 21.6 Å². The Morgan fingerprint density at radius 2 is 1.64 bits per heavy atom. The van der Waals surface area contributed by atoms with Gasteiger partial charge in [-0.1, -0.05) is 42.5 Å². The summed E-state index contributed by atoms with van der Waals surface area (Å²) >= 11 is 0. The molecule has 0 aliphatic carbocycles. The predicted molar refractivity (Wildman–Crippen MR) is 95.6 cm³/mol. The van der Waals surface area contributed by atoms with Gasteiger partial charge in [-0.3, -0.25) is 9.78 Å². The van der Waals surface area contributed by atoms with Crippen LogP contribution in [0.4, 0.5) is 10.1 Å². The summed E-state index contributed by atoms with van der Waals surface area (Å²) in [5.41, 5.74) is 3.11. The number of carbonyl (C=O) groups is 1. The SMILES string of the molecule is O=C(NCc1ccccc1)c1cc(NCc2ccc(F)cc2)ccn1. The van der Waals surface area contributed by atoms with Crippen LogP contribution in [0.5, 0.6) is 0 Å². The molecule has 0 spiro atoms. The normalized spacial score (nSPS) is 10.3. The van der Waals surface area contributed by atoms with E-state index in [0.717, 1.165) is 16.8 Å². The van der Waals surface area contributed by atoms with Gasteiger partial charge in [0, 0.05) is 25.0 Å². The standard InChI is InChI=1S/C20H18FN3O/c21-17-8-6-16(7-9-17)13-23-18-10-11-22-19(12-18)20(25)24-14-15-4-2-1-3-5-15/h1-12H,13-14H2,(H,22,23)(H,24,25). The van der Waals surface area contributed by atoms with E-state index in [9.17, 15) is 9.18 Å². The number of nitrogens with one attached hydrogen (secondary N) is 2. The molecule has 1 amide bonds. The number of anilines is 1. The van der Waals surface area contributed by atoms with Gasteiger partial charge in [-0.2, -0.15) is 0 Å². The number of halogens is 1. The number of rotatable bonds is 6. The fourth-order valence-corrected chi connectivity index (χ4v) is 2.34. The number of aromatic nitrogens is 1. The van der Waals surface area contributed by atoms with Crippen LogP contribution < -0.4 is 10.6 Å². The third kappa shape index (κ3) is 4.88. The molecule has 0 fully saturated rings. The van der Waals surface area contributed by atoms with E-state index in [1.54, 1.807) is 30.5 Å². The van der Waals surface area contributed by atoms with Gasteiger partial charge in [0.15, 0.2) is 0 Å². The van der Waals surface area contributed by atoms with Crippen molar-refractivity contribution in [3.8, 4) is 0 Å². The molecule has 1 heterocycles. The van der Waals surface area contributed by atoms with Crippen LogP contribution in [0.3, 0.4) is 0 Å². The maximum absolute atomic E-state index is 12.9. The zero-order valence-electron chi connectivity index (χ0n) is 13.6. The van der Waals surface area contributed by atoms with E-state index >= 15 is 0 Å². The van der Waals surface area contributed by atoms with E-state index in [4.69, 9.17) is 0 Å². The number of hydrogen-bond donors (Lipinski definition) is 2. The van der Waals surface area contributed by atoms with Gasteiger partial charge in [-0.15, -0.1) is 0 Å². The minimum atomic E-state index is -0.259. The highest BCUT2D eigenvalue weighted by Crippen LogP contribution is 2.11. The van der Waals surface area contributed by atoms with Crippen LogP contribution in [0, 0.1) is 5.82 Å². The number of carbonyl (C=O) groups excluding carboxylic acids is 1. The van der Waals surface area contributed by atoms with Crippen LogP contribution in [0.15, 0.2) is 72.9 Å². The highest BCUT2D eigenvalue weighted by Gasteiger charge is 2.07. The minimum absolute atomic E-state index is 0.228. The summed E-state index contributed by atoms with van der Waals surface area (Å²) in [6, 6.07) is 19.5. The lowest BCUT2D eigenvalue weighted by molar-refractivity contribution is 0.0946. The zero-order valence-corrected chi connectivity index (χ0v) is 13.6. The Morgan fingerprint density at radius 1 is 0.920 bits per heavy atom. The van der Waals surface area contributed by atoms with E-state index in [-0.39, 0.29) is 11.7 Å². The number of hydrogen-bond acceptors (Lipinski definition) is 3. The van der Waals surface area contributed by atoms with Crippen LogP contribution >= 0.6 is 0 Å². The molecule has 4 nitrogen and oxygen atoms in total. The van der Waals surface area contributed by atoms with Gasteiger partial charge in [0.1, 0.15) is 11.5 Å². The van der Waals surface area contributed by atoms with E-state index in [2.05, 4.69) is 15.6 Å². The second-order valence-corrected chi connectivity index (χ2v) is 5.58. The highest BCUT2D eigenvalue weighted by atomic mass is 19.1. The van der Waals surface area contributed by atoms with Crippen LogP contribution in [0.2, 0.25) is 0 Å². The molecule has 2 N–H and O–H groups in total. The lowest BCUT2D eigenvalue weighted by Gasteiger charge is -2.09. The first-order valence-corrected chi connectivity index (χ1v) is 7.97. The molecule has 2 aromatic carbocycles. The third-order valence-electron chi connectivity index (χ3n) is 3.70. The van der Waals surface area contributed by atoms with Crippen molar-refractivity contribution in [2.75, 3.05) is 5.32 Å². The van der Waals surface area contributed by atoms with E-state index in [0.29, 0.717) is 18.8 Å². The Labute approximate surface area is 145 Å². The molecular weight excluding hydrogens is 317 g/mol. The number of amides is 1. The smallest absolute Gasteiger partial charge is 0.270 e. The molecule has 1 aromatic heterocycles. The summed E-state index contributed by atoms with van der Waals surface area (Å²) in [7, 11) is 0. The molecule has 0 atom stereocenters. The minimum Gasteiger partial charge on any atom is -0.381 e. The van der Waals surface area contributed by atoms with Crippen molar-refractivity contribution in [1.82, 2.24) is 10.3 Å². The van der Waals surface area contributed by atoms with Crippen LogP contribution in [-0.2, 0) is 13.1 Å². The van der Waals surface area contributed by atoms with Crippen molar-refractivity contribution in [3.63, 3.8) is 0 Å². The molecule has 3 rings (SSSR count). The van der Waals surface area contributed by atoms with Crippen molar-refractivity contribution >= 4 is 11.6 Å². The number of benzene rings is 2. The summed E-state index contributed by atoms with van der Waals surface area (Å²) in [5, 5.41) is 6.06. The molecule has 5 heteroatoms. The molecule has 3 aromatic rings. The fourth-order valence-electron chi connectivity index (χ4n) is 2.34.